The lowest BCUT2D eigenvalue weighted by Gasteiger charge is -2.26. The van der Waals surface area contributed by atoms with E-state index in [1.54, 1.807) is 17.9 Å². The summed E-state index contributed by atoms with van der Waals surface area (Å²) >= 11 is 0. The Balaban J connectivity index is 1.81. The van der Waals surface area contributed by atoms with Crippen molar-refractivity contribution in [3.8, 4) is 0 Å². The number of halogens is 1. The minimum Gasteiger partial charge on any atom is -0.378 e. The average Bonchev–Trinajstić information content (AvgIpc) is 2.49. The molecule has 0 radical (unpaired) electrons. The number of ether oxygens (including phenoxy) is 1. The van der Waals surface area contributed by atoms with Crippen molar-refractivity contribution in [3.05, 3.63) is 29.6 Å². The summed E-state index contributed by atoms with van der Waals surface area (Å²) in [5.74, 6) is -0.741. The van der Waals surface area contributed by atoms with E-state index in [2.05, 4.69) is 5.32 Å². The Morgan fingerprint density at radius 2 is 2.00 bits per heavy atom. The molecule has 0 saturated carbocycles. The van der Waals surface area contributed by atoms with Gasteiger partial charge in [-0.2, -0.15) is 0 Å². The van der Waals surface area contributed by atoms with Gasteiger partial charge in [-0.05, 0) is 24.6 Å². The first-order chi connectivity index (χ1) is 10.1. The van der Waals surface area contributed by atoms with E-state index in [0.29, 0.717) is 32.0 Å². The predicted molar refractivity (Wildman–Crippen MR) is 76.4 cm³/mol. The summed E-state index contributed by atoms with van der Waals surface area (Å²) in [7, 11) is 0. The molecule has 21 heavy (non-hydrogen) atoms. The molecule has 2 rings (SSSR count). The van der Waals surface area contributed by atoms with Crippen molar-refractivity contribution in [3.63, 3.8) is 0 Å². The predicted octanol–water partition coefficient (Wildman–Crippen LogP) is 1.71. The summed E-state index contributed by atoms with van der Waals surface area (Å²) in [4.78, 5) is 25.4. The first kappa shape index (κ1) is 15.4. The molecule has 0 unspecified atom stereocenters. The molecule has 0 spiro atoms. The number of morpholine rings is 1. The van der Waals surface area contributed by atoms with Crippen LogP contribution in [-0.2, 0) is 14.3 Å². The zero-order chi connectivity index (χ0) is 15.2. The van der Waals surface area contributed by atoms with Gasteiger partial charge in [0.25, 0.3) is 0 Å². The van der Waals surface area contributed by atoms with Gasteiger partial charge in [-0.25, -0.2) is 4.39 Å². The van der Waals surface area contributed by atoms with Crippen LogP contribution in [0.25, 0.3) is 0 Å². The summed E-state index contributed by atoms with van der Waals surface area (Å²) in [5, 5.41) is 2.63. The third-order valence-electron chi connectivity index (χ3n) is 3.40. The number of nitrogens with one attached hydrogen (secondary N) is 1. The Hall–Kier alpha value is -1.95. The Bertz CT molecular complexity index is 528. The Labute approximate surface area is 123 Å². The van der Waals surface area contributed by atoms with Crippen molar-refractivity contribution in [2.45, 2.75) is 19.8 Å². The molecule has 0 bridgehead atoms. The standard InChI is InChI=1S/C15H19FN2O3/c1-11-2-3-12(16)10-13(11)17-14(19)4-5-15(20)18-6-8-21-9-7-18/h2-3,10H,4-9H2,1H3,(H,17,19). The van der Waals surface area contributed by atoms with E-state index in [-0.39, 0.29) is 24.7 Å². The third kappa shape index (κ3) is 4.53. The normalized spacial score (nSPS) is 14.9. The topological polar surface area (TPSA) is 58.6 Å². The van der Waals surface area contributed by atoms with Crippen LogP contribution in [0.5, 0.6) is 0 Å². The van der Waals surface area contributed by atoms with Crippen molar-refractivity contribution in [1.29, 1.82) is 0 Å². The number of hydrogen-bond acceptors (Lipinski definition) is 3. The number of carbonyl (C=O) groups is 2. The van der Waals surface area contributed by atoms with E-state index in [1.807, 2.05) is 0 Å². The molecule has 1 saturated heterocycles. The van der Waals surface area contributed by atoms with Gasteiger partial charge in [0.1, 0.15) is 5.82 Å². The Kier molecular flexibility index (Phi) is 5.27. The second-order valence-corrected chi connectivity index (χ2v) is 5.00. The summed E-state index contributed by atoms with van der Waals surface area (Å²) in [6.45, 7) is 4.02. The molecule has 114 valence electrons. The monoisotopic (exact) mass is 294 g/mol. The molecule has 1 aromatic rings. The third-order valence-corrected chi connectivity index (χ3v) is 3.40. The van der Waals surface area contributed by atoms with Crippen LogP contribution in [0.2, 0.25) is 0 Å². The lowest BCUT2D eigenvalue weighted by atomic mass is 10.2. The van der Waals surface area contributed by atoms with Crippen LogP contribution in [0, 0.1) is 12.7 Å². The van der Waals surface area contributed by atoms with Gasteiger partial charge in [-0.15, -0.1) is 0 Å². The quantitative estimate of drug-likeness (QED) is 0.919. The summed E-state index contributed by atoms with van der Waals surface area (Å²) in [5.41, 5.74) is 1.23. The van der Waals surface area contributed by atoms with E-state index in [1.165, 1.54) is 12.1 Å². The van der Waals surface area contributed by atoms with Crippen molar-refractivity contribution in [1.82, 2.24) is 4.90 Å². The molecule has 1 N–H and O–H groups in total. The van der Waals surface area contributed by atoms with Gasteiger partial charge in [-0.1, -0.05) is 6.07 Å². The van der Waals surface area contributed by atoms with E-state index in [4.69, 9.17) is 4.74 Å². The van der Waals surface area contributed by atoms with Crippen molar-refractivity contribution < 1.29 is 18.7 Å². The zero-order valence-corrected chi connectivity index (χ0v) is 12.0. The maximum absolute atomic E-state index is 13.1. The van der Waals surface area contributed by atoms with Crippen LogP contribution in [-0.4, -0.2) is 43.0 Å². The Morgan fingerprint density at radius 1 is 1.29 bits per heavy atom. The molecular formula is C15H19FN2O3. The van der Waals surface area contributed by atoms with Gasteiger partial charge in [0.2, 0.25) is 11.8 Å². The lowest BCUT2D eigenvalue weighted by molar-refractivity contribution is -0.136. The maximum Gasteiger partial charge on any atom is 0.224 e. The first-order valence-electron chi connectivity index (χ1n) is 6.98. The highest BCUT2D eigenvalue weighted by Gasteiger charge is 2.17. The molecule has 0 aromatic heterocycles. The van der Waals surface area contributed by atoms with Crippen LogP contribution in [0.4, 0.5) is 10.1 Å². The van der Waals surface area contributed by atoms with Gasteiger partial charge in [0, 0.05) is 31.6 Å². The highest BCUT2D eigenvalue weighted by atomic mass is 19.1. The molecular weight excluding hydrogens is 275 g/mol. The molecule has 1 heterocycles. The number of aryl methyl sites for hydroxylation is 1. The van der Waals surface area contributed by atoms with E-state index >= 15 is 0 Å². The van der Waals surface area contributed by atoms with Gasteiger partial charge < -0.3 is 15.0 Å². The second kappa shape index (κ2) is 7.17. The van der Waals surface area contributed by atoms with Gasteiger partial charge in [0.05, 0.1) is 13.2 Å². The minimum atomic E-state index is -0.403. The number of anilines is 1. The molecule has 1 aliphatic heterocycles. The van der Waals surface area contributed by atoms with Crippen molar-refractivity contribution in [2.24, 2.45) is 0 Å². The fraction of sp³-hybridized carbons (Fsp3) is 0.467. The first-order valence-corrected chi connectivity index (χ1v) is 6.98. The lowest BCUT2D eigenvalue weighted by Crippen LogP contribution is -2.40. The molecule has 1 aromatic carbocycles. The van der Waals surface area contributed by atoms with Gasteiger partial charge in [0.15, 0.2) is 0 Å². The smallest absolute Gasteiger partial charge is 0.224 e. The summed E-state index contributed by atoms with van der Waals surface area (Å²) < 4.78 is 18.3. The van der Waals surface area contributed by atoms with Crippen molar-refractivity contribution >= 4 is 17.5 Å². The second-order valence-electron chi connectivity index (χ2n) is 5.00. The van der Waals surface area contributed by atoms with Crippen LogP contribution in [0.3, 0.4) is 0 Å². The number of rotatable bonds is 4. The average molecular weight is 294 g/mol. The van der Waals surface area contributed by atoms with Crippen LogP contribution >= 0.6 is 0 Å². The van der Waals surface area contributed by atoms with Crippen LogP contribution in [0.15, 0.2) is 18.2 Å². The van der Waals surface area contributed by atoms with E-state index in [0.717, 1.165) is 5.56 Å². The fourth-order valence-corrected chi connectivity index (χ4v) is 2.13. The number of hydrogen-bond donors (Lipinski definition) is 1. The largest absolute Gasteiger partial charge is 0.378 e. The molecule has 2 amide bonds. The van der Waals surface area contributed by atoms with E-state index in [9.17, 15) is 14.0 Å². The summed E-state index contributed by atoms with van der Waals surface area (Å²) in [6, 6.07) is 4.22. The van der Waals surface area contributed by atoms with Gasteiger partial charge in [-0.3, -0.25) is 9.59 Å². The van der Waals surface area contributed by atoms with Crippen LogP contribution < -0.4 is 5.32 Å². The van der Waals surface area contributed by atoms with Gasteiger partial charge >= 0.3 is 0 Å². The highest BCUT2D eigenvalue weighted by Crippen LogP contribution is 2.16. The summed E-state index contributed by atoms with van der Waals surface area (Å²) in [6.07, 6.45) is 0.242. The highest BCUT2D eigenvalue weighted by molar-refractivity contribution is 5.93. The molecule has 0 aliphatic carbocycles. The Morgan fingerprint density at radius 3 is 2.71 bits per heavy atom. The SMILES string of the molecule is Cc1ccc(F)cc1NC(=O)CCC(=O)N1CCOCC1. The number of benzene rings is 1. The fourth-order valence-electron chi connectivity index (χ4n) is 2.13. The molecule has 6 heteroatoms. The molecule has 5 nitrogen and oxygen atoms in total. The number of carbonyl (C=O) groups excluding carboxylic acids is 2. The number of amides is 2. The number of nitrogens with zero attached hydrogens (tertiary/aromatic N) is 1. The molecule has 0 atom stereocenters. The van der Waals surface area contributed by atoms with E-state index < -0.39 is 5.82 Å². The van der Waals surface area contributed by atoms with Crippen molar-refractivity contribution in [2.75, 3.05) is 31.6 Å². The van der Waals surface area contributed by atoms with Crippen LogP contribution in [0.1, 0.15) is 18.4 Å². The molecule has 1 fully saturated rings. The zero-order valence-electron chi connectivity index (χ0n) is 12.0. The molecule has 1 aliphatic rings. The minimum absolute atomic E-state index is 0.0515. The maximum atomic E-state index is 13.1.